The Morgan fingerprint density at radius 2 is 1.97 bits per heavy atom. The predicted octanol–water partition coefficient (Wildman–Crippen LogP) is 3.31. The van der Waals surface area contributed by atoms with E-state index in [1.54, 1.807) is 24.1 Å². The summed E-state index contributed by atoms with van der Waals surface area (Å²) in [7, 11) is 3.19. The highest BCUT2D eigenvalue weighted by Gasteiger charge is 2.57. The second-order valence-electron chi connectivity index (χ2n) is 6.69. The van der Waals surface area contributed by atoms with Gasteiger partial charge in [-0.15, -0.1) is 0 Å². The zero-order valence-electron chi connectivity index (χ0n) is 16.5. The Balaban J connectivity index is 2.15. The molecule has 2 aromatic rings. The first kappa shape index (κ1) is 23.0. The van der Waals surface area contributed by atoms with Crippen LogP contribution in [-0.4, -0.2) is 51.8 Å². The summed E-state index contributed by atoms with van der Waals surface area (Å²) in [6, 6.07) is 7.27. The lowest BCUT2D eigenvalue weighted by Gasteiger charge is -2.29. The van der Waals surface area contributed by atoms with E-state index >= 15 is 0 Å². The summed E-state index contributed by atoms with van der Waals surface area (Å²) < 4.78 is 42.0. The van der Waals surface area contributed by atoms with Crippen LogP contribution >= 0.6 is 11.6 Å². The number of aliphatic imine (C=N–C) groups is 1. The van der Waals surface area contributed by atoms with Crippen LogP contribution < -0.4 is 5.32 Å². The Morgan fingerprint density at radius 1 is 1.31 bits per heavy atom. The summed E-state index contributed by atoms with van der Waals surface area (Å²) in [6.45, 7) is 2.67. The molecule has 0 saturated heterocycles. The first-order chi connectivity index (χ1) is 13.6. The van der Waals surface area contributed by atoms with E-state index in [1.165, 1.54) is 19.4 Å². The minimum atomic E-state index is -4.88. The van der Waals surface area contributed by atoms with Gasteiger partial charge < -0.3 is 19.9 Å². The average Bonchev–Trinajstić information content (AvgIpc) is 3.08. The number of aryl methyl sites for hydroxylation is 1. The van der Waals surface area contributed by atoms with Crippen molar-refractivity contribution in [2.75, 3.05) is 20.1 Å². The fourth-order valence-corrected chi connectivity index (χ4v) is 3.00. The van der Waals surface area contributed by atoms with Crippen molar-refractivity contribution in [1.29, 1.82) is 0 Å². The van der Waals surface area contributed by atoms with Crippen LogP contribution in [0.15, 0.2) is 41.7 Å². The SMILES string of the molecule is CCNC(=NCCC(O)(c1nccn1C)C(F)(F)F)N(C)Cc1ccc(Cl)cc1. The average molecular weight is 432 g/mol. The van der Waals surface area contributed by atoms with Gasteiger partial charge in [-0.05, 0) is 24.6 Å². The maximum Gasteiger partial charge on any atom is 0.424 e. The molecule has 0 spiro atoms. The summed E-state index contributed by atoms with van der Waals surface area (Å²) in [6.07, 6.45) is -2.95. The number of guanidine groups is 1. The molecule has 0 aliphatic carbocycles. The molecule has 0 amide bonds. The van der Waals surface area contributed by atoms with Gasteiger partial charge in [0.05, 0.1) is 0 Å². The van der Waals surface area contributed by atoms with Gasteiger partial charge in [0.15, 0.2) is 5.96 Å². The molecular weight excluding hydrogens is 407 g/mol. The van der Waals surface area contributed by atoms with Crippen molar-refractivity contribution in [3.05, 3.63) is 53.1 Å². The van der Waals surface area contributed by atoms with Crippen molar-refractivity contribution in [2.45, 2.75) is 31.7 Å². The van der Waals surface area contributed by atoms with Gasteiger partial charge in [0.25, 0.3) is 0 Å². The van der Waals surface area contributed by atoms with Crippen LogP contribution in [0.25, 0.3) is 0 Å². The Morgan fingerprint density at radius 3 is 2.48 bits per heavy atom. The Hall–Kier alpha value is -2.26. The van der Waals surface area contributed by atoms with Crippen molar-refractivity contribution in [1.82, 2.24) is 19.8 Å². The van der Waals surface area contributed by atoms with E-state index in [0.29, 0.717) is 24.1 Å². The number of halogens is 4. The molecule has 0 aliphatic heterocycles. The van der Waals surface area contributed by atoms with E-state index in [1.807, 2.05) is 19.1 Å². The molecule has 1 unspecified atom stereocenters. The first-order valence-electron chi connectivity index (χ1n) is 9.09. The number of imidazole rings is 1. The fourth-order valence-electron chi connectivity index (χ4n) is 2.88. The van der Waals surface area contributed by atoms with Crippen molar-refractivity contribution < 1.29 is 18.3 Å². The first-order valence-corrected chi connectivity index (χ1v) is 9.47. The molecule has 1 aromatic carbocycles. The Kier molecular flexibility index (Phi) is 7.54. The van der Waals surface area contributed by atoms with Crippen LogP contribution in [0.4, 0.5) is 13.2 Å². The van der Waals surface area contributed by atoms with Crippen LogP contribution in [-0.2, 0) is 19.2 Å². The number of aliphatic hydroxyl groups is 1. The van der Waals surface area contributed by atoms with Crippen molar-refractivity contribution in [3.8, 4) is 0 Å². The third-order valence-corrected chi connectivity index (χ3v) is 4.68. The molecule has 6 nitrogen and oxygen atoms in total. The van der Waals surface area contributed by atoms with Crippen LogP contribution in [0.3, 0.4) is 0 Å². The van der Waals surface area contributed by atoms with Gasteiger partial charge in [-0.2, -0.15) is 13.2 Å². The standard InChI is InChI=1S/C19H25ClF3N5O/c1-4-24-17(28(3)13-14-5-7-15(20)8-6-14)26-10-9-18(29,19(21,22)23)16-25-11-12-27(16)2/h5-8,11-12,29H,4,9-10,13H2,1-3H3,(H,24,26). The van der Waals surface area contributed by atoms with E-state index in [-0.39, 0.29) is 6.54 Å². The van der Waals surface area contributed by atoms with Crippen molar-refractivity contribution in [2.24, 2.45) is 12.0 Å². The van der Waals surface area contributed by atoms with Crippen molar-refractivity contribution >= 4 is 17.6 Å². The highest BCUT2D eigenvalue weighted by molar-refractivity contribution is 6.30. The predicted molar refractivity (Wildman–Crippen MR) is 107 cm³/mol. The number of aromatic nitrogens is 2. The van der Waals surface area contributed by atoms with Gasteiger partial charge in [-0.1, -0.05) is 23.7 Å². The lowest BCUT2D eigenvalue weighted by atomic mass is 9.98. The maximum absolute atomic E-state index is 13.6. The lowest BCUT2D eigenvalue weighted by molar-refractivity contribution is -0.272. The highest BCUT2D eigenvalue weighted by atomic mass is 35.5. The molecule has 29 heavy (non-hydrogen) atoms. The molecule has 0 saturated carbocycles. The Bertz CT molecular complexity index is 822. The van der Waals surface area contributed by atoms with Gasteiger partial charge in [0.1, 0.15) is 5.82 Å². The Labute approximate surface area is 173 Å². The minimum absolute atomic E-state index is 0.240. The molecule has 10 heteroatoms. The number of benzene rings is 1. The molecule has 0 fully saturated rings. The van der Waals surface area contributed by atoms with E-state index in [9.17, 15) is 18.3 Å². The molecule has 2 N–H and O–H groups in total. The fraction of sp³-hybridized carbons (Fsp3) is 0.474. The largest absolute Gasteiger partial charge is 0.424 e. The van der Waals surface area contributed by atoms with Crippen LogP contribution in [0.1, 0.15) is 24.7 Å². The van der Waals surface area contributed by atoms with E-state index < -0.39 is 24.0 Å². The van der Waals surface area contributed by atoms with Gasteiger partial charge in [0.2, 0.25) is 5.60 Å². The summed E-state index contributed by atoms with van der Waals surface area (Å²) in [5, 5.41) is 14.1. The molecule has 160 valence electrons. The molecule has 0 aliphatic rings. The highest BCUT2D eigenvalue weighted by Crippen LogP contribution is 2.40. The zero-order valence-corrected chi connectivity index (χ0v) is 17.3. The number of nitrogens with one attached hydrogen (secondary N) is 1. The number of hydrogen-bond donors (Lipinski definition) is 2. The van der Waals surface area contributed by atoms with Gasteiger partial charge in [-0.3, -0.25) is 4.99 Å². The van der Waals surface area contributed by atoms with Crippen LogP contribution in [0, 0.1) is 0 Å². The third-order valence-electron chi connectivity index (χ3n) is 4.42. The van der Waals surface area contributed by atoms with Crippen LogP contribution in [0.2, 0.25) is 5.02 Å². The molecular formula is C19H25ClF3N5O. The summed E-state index contributed by atoms with van der Waals surface area (Å²) >= 11 is 5.89. The van der Waals surface area contributed by atoms with Crippen molar-refractivity contribution in [3.63, 3.8) is 0 Å². The topological polar surface area (TPSA) is 65.7 Å². The summed E-state index contributed by atoms with van der Waals surface area (Å²) in [4.78, 5) is 9.76. The van der Waals surface area contributed by atoms with Crippen LogP contribution in [0.5, 0.6) is 0 Å². The smallest absolute Gasteiger partial charge is 0.374 e. The second-order valence-corrected chi connectivity index (χ2v) is 7.12. The molecule has 0 radical (unpaired) electrons. The third kappa shape index (κ3) is 5.63. The van der Waals surface area contributed by atoms with Gasteiger partial charge in [-0.25, -0.2) is 4.98 Å². The quantitative estimate of drug-likeness (QED) is 0.521. The molecule has 2 rings (SSSR count). The van der Waals surface area contributed by atoms with E-state index in [0.717, 1.165) is 10.1 Å². The second kappa shape index (κ2) is 9.49. The minimum Gasteiger partial charge on any atom is -0.374 e. The van der Waals surface area contributed by atoms with E-state index in [4.69, 9.17) is 11.6 Å². The number of alkyl halides is 3. The number of nitrogens with zero attached hydrogens (tertiary/aromatic N) is 4. The number of rotatable bonds is 7. The molecule has 1 atom stereocenters. The zero-order chi connectivity index (χ0) is 21.7. The summed E-state index contributed by atoms with van der Waals surface area (Å²) in [5.74, 6) is -0.0217. The maximum atomic E-state index is 13.6. The monoisotopic (exact) mass is 431 g/mol. The van der Waals surface area contributed by atoms with Gasteiger partial charge in [0, 0.05) is 57.6 Å². The summed E-state index contributed by atoms with van der Waals surface area (Å²) in [5.41, 5.74) is -2.11. The molecule has 1 heterocycles. The van der Waals surface area contributed by atoms with E-state index in [2.05, 4.69) is 15.3 Å². The number of hydrogen-bond acceptors (Lipinski definition) is 3. The van der Waals surface area contributed by atoms with Gasteiger partial charge >= 0.3 is 6.18 Å². The lowest BCUT2D eigenvalue weighted by Crippen LogP contribution is -2.45. The normalized spacial score (nSPS) is 14.6. The molecule has 0 bridgehead atoms. The molecule has 1 aromatic heterocycles.